The van der Waals surface area contributed by atoms with Crippen molar-refractivity contribution in [1.29, 1.82) is 0 Å². The third kappa shape index (κ3) is 6.33. The number of anilines is 1. The van der Waals surface area contributed by atoms with Crippen LogP contribution >= 0.6 is 12.4 Å². The topological polar surface area (TPSA) is 98.5 Å². The van der Waals surface area contributed by atoms with Crippen LogP contribution in [0.25, 0.3) is 0 Å². The molecule has 142 valence electrons. The van der Waals surface area contributed by atoms with Gasteiger partial charge >= 0.3 is 0 Å². The summed E-state index contributed by atoms with van der Waals surface area (Å²) in [6.07, 6.45) is 0.690. The Kier molecular flexibility index (Phi) is 8.57. The van der Waals surface area contributed by atoms with Gasteiger partial charge in [-0.05, 0) is 48.4 Å². The van der Waals surface area contributed by atoms with E-state index in [1.807, 2.05) is 24.3 Å². The van der Waals surface area contributed by atoms with E-state index in [1.54, 1.807) is 0 Å². The number of methoxy groups -OCH3 is 1. The highest BCUT2D eigenvalue weighted by Crippen LogP contribution is 2.13. The molecular weight excluding hydrogens is 376 g/mol. The number of sulfone groups is 1. The zero-order valence-electron chi connectivity index (χ0n) is 14.5. The van der Waals surface area contributed by atoms with Gasteiger partial charge < -0.3 is 15.8 Å². The van der Waals surface area contributed by atoms with Crippen molar-refractivity contribution in [3.63, 3.8) is 0 Å². The van der Waals surface area contributed by atoms with Crippen LogP contribution in [0.15, 0.2) is 53.4 Å². The third-order valence-corrected chi connectivity index (χ3v) is 5.41. The second kappa shape index (κ2) is 10.2. The number of amides is 1. The molecule has 0 aliphatic rings. The van der Waals surface area contributed by atoms with Gasteiger partial charge in [0.25, 0.3) is 5.91 Å². The molecule has 0 heterocycles. The Morgan fingerprint density at radius 3 is 2.27 bits per heavy atom. The van der Waals surface area contributed by atoms with Crippen LogP contribution in [0, 0.1) is 0 Å². The molecule has 2 aromatic carbocycles. The highest BCUT2D eigenvalue weighted by Gasteiger charge is 2.15. The Labute approximate surface area is 160 Å². The van der Waals surface area contributed by atoms with E-state index in [2.05, 4.69) is 5.32 Å². The number of hydrogen-bond acceptors (Lipinski definition) is 5. The number of hydrogen-bond donors (Lipinski definition) is 2. The number of carbonyl (C=O) groups is 1. The molecule has 0 unspecified atom stereocenters. The summed E-state index contributed by atoms with van der Waals surface area (Å²) in [4.78, 5) is 12.3. The van der Waals surface area contributed by atoms with Crippen LogP contribution in [-0.4, -0.2) is 40.3 Å². The van der Waals surface area contributed by atoms with Crippen molar-refractivity contribution >= 4 is 33.8 Å². The Hall–Kier alpha value is -2.09. The lowest BCUT2D eigenvalue weighted by atomic mass is 10.1. The van der Waals surface area contributed by atoms with Crippen molar-refractivity contribution in [2.75, 3.05) is 31.7 Å². The number of nitrogens with one attached hydrogen (secondary N) is 1. The first-order valence-electron chi connectivity index (χ1n) is 7.87. The van der Waals surface area contributed by atoms with Gasteiger partial charge in [-0.3, -0.25) is 4.79 Å². The van der Waals surface area contributed by atoms with E-state index in [0.717, 1.165) is 5.56 Å². The van der Waals surface area contributed by atoms with Crippen LogP contribution in [0.1, 0.15) is 15.9 Å². The SMILES string of the molecule is COCCS(=O)(=O)c1ccc(C(=O)NCCc2ccc(N)cc2)cc1.Cl. The fourth-order valence-corrected chi connectivity index (χ4v) is 3.40. The summed E-state index contributed by atoms with van der Waals surface area (Å²) in [6, 6.07) is 13.4. The average Bonchev–Trinajstić information content (AvgIpc) is 2.62. The van der Waals surface area contributed by atoms with Gasteiger partial charge in [0, 0.05) is 24.9 Å². The summed E-state index contributed by atoms with van der Waals surface area (Å²) in [7, 11) is -1.94. The molecule has 0 aromatic heterocycles. The molecule has 0 saturated carbocycles. The molecule has 6 nitrogen and oxygen atoms in total. The van der Waals surface area contributed by atoms with Gasteiger partial charge in [-0.25, -0.2) is 8.42 Å². The van der Waals surface area contributed by atoms with Crippen molar-refractivity contribution in [2.24, 2.45) is 0 Å². The summed E-state index contributed by atoms with van der Waals surface area (Å²) < 4.78 is 28.9. The maximum atomic E-state index is 12.1. The second-order valence-electron chi connectivity index (χ2n) is 5.58. The maximum absolute atomic E-state index is 12.1. The van der Waals surface area contributed by atoms with Gasteiger partial charge in [-0.15, -0.1) is 12.4 Å². The molecule has 3 N–H and O–H groups in total. The molecule has 0 aliphatic heterocycles. The fraction of sp³-hybridized carbons (Fsp3) is 0.278. The van der Waals surface area contributed by atoms with E-state index in [1.165, 1.54) is 31.4 Å². The van der Waals surface area contributed by atoms with E-state index in [0.29, 0.717) is 24.2 Å². The number of halogens is 1. The van der Waals surface area contributed by atoms with Gasteiger partial charge in [0.15, 0.2) is 9.84 Å². The first-order chi connectivity index (χ1) is 11.9. The molecule has 26 heavy (non-hydrogen) atoms. The standard InChI is InChI=1S/C18H22N2O4S.ClH/c1-24-12-13-25(22,23)17-8-4-15(5-9-17)18(21)20-11-10-14-2-6-16(19)7-3-14;/h2-9H,10-13,19H2,1H3,(H,20,21);1H. The zero-order chi connectivity index (χ0) is 18.3. The second-order valence-corrected chi connectivity index (χ2v) is 7.69. The Bertz CT molecular complexity index is 806. The highest BCUT2D eigenvalue weighted by molar-refractivity contribution is 7.91. The number of benzene rings is 2. The van der Waals surface area contributed by atoms with Gasteiger partial charge in [0.1, 0.15) is 0 Å². The summed E-state index contributed by atoms with van der Waals surface area (Å²) in [5.74, 6) is -0.326. The molecule has 0 bridgehead atoms. The zero-order valence-corrected chi connectivity index (χ0v) is 16.1. The Morgan fingerprint density at radius 1 is 1.08 bits per heavy atom. The largest absolute Gasteiger partial charge is 0.399 e. The quantitative estimate of drug-likeness (QED) is 0.663. The van der Waals surface area contributed by atoms with Crippen LogP contribution in [0.2, 0.25) is 0 Å². The summed E-state index contributed by atoms with van der Waals surface area (Å²) in [5, 5.41) is 2.81. The van der Waals surface area contributed by atoms with Crippen LogP contribution in [0.5, 0.6) is 0 Å². The number of nitrogens with two attached hydrogens (primary N) is 1. The third-order valence-electron chi connectivity index (χ3n) is 3.71. The number of rotatable bonds is 8. The minimum Gasteiger partial charge on any atom is -0.399 e. The average molecular weight is 399 g/mol. The first kappa shape index (κ1) is 22.0. The fourth-order valence-electron chi connectivity index (χ4n) is 2.23. The molecule has 0 radical (unpaired) electrons. The highest BCUT2D eigenvalue weighted by atomic mass is 35.5. The molecule has 0 aliphatic carbocycles. The molecule has 2 rings (SSSR count). The van der Waals surface area contributed by atoms with Gasteiger partial charge in [0.2, 0.25) is 0 Å². The van der Waals surface area contributed by atoms with Crippen LogP contribution in [-0.2, 0) is 21.0 Å². The van der Waals surface area contributed by atoms with Gasteiger partial charge in [-0.1, -0.05) is 12.1 Å². The van der Waals surface area contributed by atoms with E-state index < -0.39 is 9.84 Å². The van der Waals surface area contributed by atoms with Crippen molar-refractivity contribution < 1.29 is 17.9 Å². The maximum Gasteiger partial charge on any atom is 0.251 e. The van der Waals surface area contributed by atoms with Crippen LogP contribution in [0.3, 0.4) is 0 Å². The van der Waals surface area contributed by atoms with Crippen molar-refractivity contribution in [3.8, 4) is 0 Å². The number of ether oxygens (including phenoxy) is 1. The predicted octanol–water partition coefficient (Wildman–Crippen LogP) is 2.08. The van der Waals surface area contributed by atoms with E-state index in [9.17, 15) is 13.2 Å². The lowest BCUT2D eigenvalue weighted by Gasteiger charge is -2.07. The normalized spacial score (nSPS) is 10.8. The summed E-state index contributed by atoms with van der Waals surface area (Å²) >= 11 is 0. The Morgan fingerprint density at radius 2 is 1.69 bits per heavy atom. The van der Waals surface area contributed by atoms with Crippen LogP contribution in [0.4, 0.5) is 5.69 Å². The molecule has 0 atom stereocenters. The van der Waals surface area contributed by atoms with Crippen molar-refractivity contribution in [1.82, 2.24) is 5.32 Å². The molecule has 0 spiro atoms. The van der Waals surface area contributed by atoms with E-state index in [-0.39, 0.29) is 35.6 Å². The van der Waals surface area contributed by atoms with E-state index >= 15 is 0 Å². The number of carbonyl (C=O) groups excluding carboxylic acids is 1. The summed E-state index contributed by atoms with van der Waals surface area (Å²) in [5.41, 5.74) is 7.83. The molecule has 2 aromatic rings. The molecule has 1 amide bonds. The van der Waals surface area contributed by atoms with Crippen LogP contribution < -0.4 is 11.1 Å². The van der Waals surface area contributed by atoms with Crippen molar-refractivity contribution in [3.05, 3.63) is 59.7 Å². The monoisotopic (exact) mass is 398 g/mol. The first-order valence-corrected chi connectivity index (χ1v) is 9.52. The smallest absolute Gasteiger partial charge is 0.251 e. The minimum atomic E-state index is -3.39. The lowest BCUT2D eigenvalue weighted by Crippen LogP contribution is -2.25. The lowest BCUT2D eigenvalue weighted by molar-refractivity contribution is 0.0954. The Balaban J connectivity index is 0.00000338. The summed E-state index contributed by atoms with van der Waals surface area (Å²) in [6.45, 7) is 0.617. The van der Waals surface area contributed by atoms with Crippen molar-refractivity contribution in [2.45, 2.75) is 11.3 Å². The van der Waals surface area contributed by atoms with E-state index in [4.69, 9.17) is 10.5 Å². The minimum absolute atomic E-state index is 0. The molecule has 8 heteroatoms. The molecular formula is C18H23ClN2O4S. The van der Waals surface area contributed by atoms with Gasteiger partial charge in [-0.2, -0.15) is 0 Å². The number of nitrogen functional groups attached to an aromatic ring is 1. The van der Waals surface area contributed by atoms with Gasteiger partial charge in [0.05, 0.1) is 17.3 Å². The molecule has 0 saturated heterocycles. The molecule has 0 fully saturated rings. The predicted molar refractivity (Wildman–Crippen MR) is 105 cm³/mol.